The molecule has 1 heterocycles. The van der Waals surface area contributed by atoms with Gasteiger partial charge in [0.15, 0.2) is 0 Å². The lowest BCUT2D eigenvalue weighted by atomic mass is 9.52. The first-order valence-electron chi connectivity index (χ1n) is 10.6. The fourth-order valence-corrected chi connectivity index (χ4v) is 6.49. The van der Waals surface area contributed by atoms with Gasteiger partial charge in [-0.2, -0.15) is 0 Å². The molecule has 0 atom stereocenters. The topological polar surface area (TPSA) is 59.2 Å². The summed E-state index contributed by atoms with van der Waals surface area (Å²) in [6.07, 6.45) is 10.6. The van der Waals surface area contributed by atoms with Gasteiger partial charge < -0.3 is 5.73 Å². The Morgan fingerprint density at radius 1 is 1.11 bits per heavy atom. The van der Waals surface area contributed by atoms with Crippen LogP contribution in [0.1, 0.15) is 54.4 Å². The lowest BCUT2D eigenvalue weighted by Gasteiger charge is -2.60. The summed E-state index contributed by atoms with van der Waals surface area (Å²) in [5, 5.41) is 0. The van der Waals surface area contributed by atoms with Crippen LogP contribution in [-0.4, -0.2) is 28.4 Å². The Morgan fingerprint density at radius 3 is 2.36 bits per heavy atom. The lowest BCUT2D eigenvalue weighted by Crippen LogP contribution is -2.58. The number of nitrogens with zero attached hydrogens (tertiary/aromatic N) is 2. The van der Waals surface area contributed by atoms with Crippen LogP contribution in [0.15, 0.2) is 42.6 Å². The molecule has 0 radical (unpaired) electrons. The molecule has 1 amide bonds. The number of hydrogen-bond donors (Lipinski definition) is 1. The molecule has 0 spiro atoms. The van der Waals surface area contributed by atoms with Crippen LogP contribution in [0.3, 0.4) is 0 Å². The first kappa shape index (κ1) is 17.9. The number of amides is 1. The number of carbonyl (C=O) groups is 1. The van der Waals surface area contributed by atoms with E-state index in [2.05, 4.69) is 29.1 Å². The summed E-state index contributed by atoms with van der Waals surface area (Å²) in [6, 6.07) is 11.6. The Labute approximate surface area is 167 Å². The molecule has 4 aliphatic carbocycles. The van der Waals surface area contributed by atoms with Gasteiger partial charge >= 0.3 is 0 Å². The normalized spacial score (nSPS) is 30.7. The second-order valence-corrected chi connectivity index (χ2v) is 9.49. The first-order chi connectivity index (χ1) is 13.5. The van der Waals surface area contributed by atoms with Gasteiger partial charge in [-0.15, -0.1) is 0 Å². The SMILES string of the molecule is CN(Cc1ccc(-c2cccc(C(N)=O)c2)nc1)C12CC3CC(CC(C3)C1)C2. The Hall–Kier alpha value is -2.20. The van der Waals surface area contributed by atoms with Crippen molar-refractivity contribution in [1.82, 2.24) is 9.88 Å². The second-order valence-electron chi connectivity index (χ2n) is 9.49. The molecule has 4 bridgehead atoms. The molecule has 0 saturated heterocycles. The number of rotatable bonds is 5. The first-order valence-corrected chi connectivity index (χ1v) is 10.6. The summed E-state index contributed by atoms with van der Waals surface area (Å²) in [5.74, 6) is 2.49. The number of aromatic nitrogens is 1. The summed E-state index contributed by atoms with van der Waals surface area (Å²) < 4.78 is 0. The number of nitrogens with two attached hydrogens (primary N) is 1. The minimum atomic E-state index is -0.407. The molecule has 4 fully saturated rings. The minimum absolute atomic E-state index is 0.407. The highest BCUT2D eigenvalue weighted by molar-refractivity contribution is 5.93. The molecule has 1 aromatic heterocycles. The number of pyridine rings is 1. The van der Waals surface area contributed by atoms with Gasteiger partial charge in [0.25, 0.3) is 0 Å². The Balaban J connectivity index is 1.31. The summed E-state index contributed by atoms with van der Waals surface area (Å²) >= 11 is 0. The predicted molar refractivity (Wildman–Crippen MR) is 111 cm³/mol. The molecule has 2 N–H and O–H groups in total. The highest BCUT2D eigenvalue weighted by Gasteiger charge is 2.52. The molecule has 4 heteroatoms. The van der Waals surface area contributed by atoms with Crippen LogP contribution in [0, 0.1) is 17.8 Å². The van der Waals surface area contributed by atoms with E-state index in [0.29, 0.717) is 11.1 Å². The summed E-state index contributed by atoms with van der Waals surface area (Å²) in [7, 11) is 2.32. The minimum Gasteiger partial charge on any atom is -0.366 e. The Morgan fingerprint density at radius 2 is 1.79 bits per heavy atom. The predicted octanol–water partition coefficient (Wildman–Crippen LogP) is 4.25. The molecule has 1 aromatic carbocycles. The maximum Gasteiger partial charge on any atom is 0.248 e. The van der Waals surface area contributed by atoms with E-state index >= 15 is 0 Å². The zero-order chi connectivity index (χ0) is 19.3. The van der Waals surface area contributed by atoms with Gasteiger partial charge in [-0.25, -0.2) is 0 Å². The summed E-state index contributed by atoms with van der Waals surface area (Å²) in [6.45, 7) is 0.959. The van der Waals surface area contributed by atoms with Gasteiger partial charge in [-0.3, -0.25) is 14.7 Å². The molecule has 0 aliphatic heterocycles. The third-order valence-corrected chi connectivity index (χ3v) is 7.50. The van der Waals surface area contributed by atoms with Crippen LogP contribution in [0.2, 0.25) is 0 Å². The van der Waals surface area contributed by atoms with Crippen LogP contribution in [0.25, 0.3) is 11.3 Å². The van der Waals surface area contributed by atoms with Gasteiger partial charge in [0.1, 0.15) is 0 Å². The highest BCUT2D eigenvalue weighted by atomic mass is 16.1. The summed E-state index contributed by atoms with van der Waals surface area (Å²) in [5.41, 5.74) is 9.40. The number of carbonyl (C=O) groups excluding carboxylic acids is 1. The Kier molecular flexibility index (Phi) is 4.27. The van der Waals surface area contributed by atoms with E-state index in [0.717, 1.165) is 35.6 Å². The zero-order valence-corrected chi connectivity index (χ0v) is 16.6. The zero-order valence-electron chi connectivity index (χ0n) is 16.6. The van der Waals surface area contributed by atoms with E-state index in [1.165, 1.54) is 44.1 Å². The van der Waals surface area contributed by atoms with Crippen molar-refractivity contribution in [2.75, 3.05) is 7.05 Å². The molecular formula is C24H29N3O. The van der Waals surface area contributed by atoms with Crippen molar-refractivity contribution >= 4 is 5.91 Å². The van der Waals surface area contributed by atoms with Crippen LogP contribution in [0.5, 0.6) is 0 Å². The van der Waals surface area contributed by atoms with E-state index in [1.807, 2.05) is 24.4 Å². The van der Waals surface area contributed by atoms with Crippen molar-refractivity contribution in [2.24, 2.45) is 23.5 Å². The summed E-state index contributed by atoms with van der Waals surface area (Å²) in [4.78, 5) is 18.7. The largest absolute Gasteiger partial charge is 0.366 e. The molecule has 4 aliphatic rings. The second kappa shape index (κ2) is 6.70. The molecule has 28 heavy (non-hydrogen) atoms. The fourth-order valence-electron chi connectivity index (χ4n) is 6.49. The number of primary amides is 1. The van der Waals surface area contributed by atoms with E-state index in [4.69, 9.17) is 5.73 Å². The van der Waals surface area contributed by atoms with Crippen LogP contribution >= 0.6 is 0 Å². The van der Waals surface area contributed by atoms with Crippen LogP contribution < -0.4 is 5.73 Å². The average molecular weight is 376 g/mol. The van der Waals surface area contributed by atoms with Crippen LogP contribution in [-0.2, 0) is 6.54 Å². The van der Waals surface area contributed by atoms with Crippen molar-refractivity contribution in [1.29, 1.82) is 0 Å². The third kappa shape index (κ3) is 3.14. The number of hydrogen-bond acceptors (Lipinski definition) is 3. The standard InChI is InChI=1S/C24H29N3O/c1-27(24-11-17-7-18(12-24)9-19(8-17)13-24)15-16-5-6-22(26-14-16)20-3-2-4-21(10-20)23(25)28/h2-6,10,14,17-19H,7-9,11-13,15H2,1H3,(H2,25,28). The van der Waals surface area contributed by atoms with Crippen molar-refractivity contribution in [3.05, 3.63) is 53.7 Å². The van der Waals surface area contributed by atoms with Gasteiger partial charge in [0.05, 0.1) is 5.69 Å². The van der Waals surface area contributed by atoms with Crippen molar-refractivity contribution in [2.45, 2.75) is 50.6 Å². The van der Waals surface area contributed by atoms with E-state index in [-0.39, 0.29) is 0 Å². The van der Waals surface area contributed by atoms with Crippen LogP contribution in [0.4, 0.5) is 0 Å². The molecule has 0 unspecified atom stereocenters. The molecule has 6 rings (SSSR count). The van der Waals surface area contributed by atoms with Crippen molar-refractivity contribution < 1.29 is 4.79 Å². The van der Waals surface area contributed by atoms with Crippen molar-refractivity contribution in [3.63, 3.8) is 0 Å². The van der Waals surface area contributed by atoms with Gasteiger partial charge in [0, 0.05) is 29.4 Å². The van der Waals surface area contributed by atoms with Crippen molar-refractivity contribution in [3.8, 4) is 11.3 Å². The Bertz CT molecular complexity index is 854. The van der Waals surface area contributed by atoms with Gasteiger partial charge in [-0.05, 0) is 87.1 Å². The maximum absolute atomic E-state index is 11.4. The smallest absolute Gasteiger partial charge is 0.248 e. The molecule has 2 aromatic rings. The molecule has 146 valence electrons. The average Bonchev–Trinajstić information content (AvgIpc) is 2.67. The van der Waals surface area contributed by atoms with E-state index in [9.17, 15) is 4.79 Å². The maximum atomic E-state index is 11.4. The number of benzene rings is 1. The third-order valence-electron chi connectivity index (χ3n) is 7.50. The monoisotopic (exact) mass is 375 g/mol. The quantitative estimate of drug-likeness (QED) is 0.850. The van der Waals surface area contributed by atoms with Gasteiger partial charge in [-0.1, -0.05) is 18.2 Å². The van der Waals surface area contributed by atoms with Gasteiger partial charge in [0.2, 0.25) is 5.91 Å². The molecule has 4 saturated carbocycles. The lowest BCUT2D eigenvalue weighted by molar-refractivity contribution is -0.0822. The molecular weight excluding hydrogens is 346 g/mol. The highest BCUT2D eigenvalue weighted by Crippen LogP contribution is 2.57. The van der Waals surface area contributed by atoms with E-state index < -0.39 is 5.91 Å². The fraction of sp³-hybridized carbons (Fsp3) is 0.500. The molecule has 4 nitrogen and oxygen atoms in total. The van der Waals surface area contributed by atoms with E-state index in [1.54, 1.807) is 6.07 Å².